The Bertz CT molecular complexity index is 254. The molecule has 0 aliphatic carbocycles. The molecule has 0 saturated carbocycles. The number of alkyl halides is 3. The van der Waals surface area contributed by atoms with Crippen LogP contribution in [0, 0.1) is 5.82 Å². The molecular formula is C7H4BrF3. The molecule has 0 fully saturated rings. The molecule has 0 nitrogen and oxygen atoms in total. The van der Waals surface area contributed by atoms with Crippen LogP contribution in [0.5, 0.6) is 0 Å². The van der Waals surface area contributed by atoms with E-state index in [0.29, 0.717) is 0 Å². The Balaban J connectivity index is 3.14. The van der Waals surface area contributed by atoms with Gasteiger partial charge in [-0.3, -0.25) is 0 Å². The highest BCUT2D eigenvalue weighted by atomic mass is 79.9. The van der Waals surface area contributed by atoms with Gasteiger partial charge in [0.15, 0.2) is 0 Å². The van der Waals surface area contributed by atoms with E-state index in [9.17, 15) is 13.2 Å². The molecule has 0 heterocycles. The summed E-state index contributed by atoms with van der Waals surface area (Å²) in [6, 6.07) is 4.74. The molecule has 0 bridgehead atoms. The van der Waals surface area contributed by atoms with E-state index in [1.165, 1.54) is 12.1 Å². The Kier molecular flexibility index (Phi) is 2.23. The number of rotatable bonds is 1. The first-order valence-corrected chi connectivity index (χ1v) is 3.63. The van der Waals surface area contributed by atoms with Crippen molar-refractivity contribution in [3.05, 3.63) is 35.6 Å². The molecule has 0 spiro atoms. The Morgan fingerprint density at radius 3 is 2.09 bits per heavy atom. The maximum absolute atomic E-state index is 12.6. The molecule has 4 heteroatoms. The Labute approximate surface area is 70.2 Å². The van der Waals surface area contributed by atoms with Crippen LogP contribution in [-0.4, -0.2) is 0 Å². The normalized spacial score (nSPS) is 11.6. The van der Waals surface area contributed by atoms with E-state index in [1.807, 2.05) is 0 Å². The van der Waals surface area contributed by atoms with Gasteiger partial charge in [0.05, 0.1) is 5.56 Å². The van der Waals surface area contributed by atoms with Crippen molar-refractivity contribution in [3.63, 3.8) is 0 Å². The fraction of sp³-hybridized carbons (Fsp3) is 0.143. The molecule has 1 rings (SSSR count). The SMILES string of the molecule is Fc1ccccc1C(F)(F)Br. The number of halogens is 4. The molecule has 1 aromatic rings. The molecule has 0 amide bonds. The summed E-state index contributed by atoms with van der Waals surface area (Å²) in [5.41, 5.74) is -0.639. The van der Waals surface area contributed by atoms with Gasteiger partial charge in [-0.1, -0.05) is 12.1 Å². The summed E-state index contributed by atoms with van der Waals surface area (Å²) in [6.45, 7) is 0. The predicted molar refractivity (Wildman–Crippen MR) is 39.2 cm³/mol. The molecule has 0 aliphatic heterocycles. The molecule has 11 heavy (non-hydrogen) atoms. The zero-order valence-electron chi connectivity index (χ0n) is 5.32. The van der Waals surface area contributed by atoms with E-state index in [0.717, 1.165) is 12.1 Å². The van der Waals surface area contributed by atoms with Gasteiger partial charge in [0.25, 0.3) is 0 Å². The summed E-state index contributed by atoms with van der Waals surface area (Å²) in [7, 11) is 0. The zero-order chi connectivity index (χ0) is 8.48. The standard InChI is InChI=1S/C7H4BrF3/c8-7(10,11)5-3-1-2-4-6(5)9/h1-4H. The lowest BCUT2D eigenvalue weighted by molar-refractivity contribution is 0.110. The lowest BCUT2D eigenvalue weighted by atomic mass is 10.2. The molecule has 0 saturated heterocycles. The molecule has 0 aliphatic rings. The van der Waals surface area contributed by atoms with Crippen molar-refractivity contribution >= 4 is 15.9 Å². The van der Waals surface area contributed by atoms with Crippen LogP contribution in [0.2, 0.25) is 0 Å². The number of benzene rings is 1. The minimum Gasteiger partial charge on any atom is -0.206 e. The fourth-order valence-electron chi connectivity index (χ4n) is 0.691. The third-order valence-corrected chi connectivity index (χ3v) is 1.61. The van der Waals surface area contributed by atoms with Crippen molar-refractivity contribution in [2.75, 3.05) is 0 Å². The zero-order valence-corrected chi connectivity index (χ0v) is 6.91. The van der Waals surface area contributed by atoms with Gasteiger partial charge in [0.1, 0.15) is 5.82 Å². The van der Waals surface area contributed by atoms with Gasteiger partial charge in [-0.05, 0) is 28.1 Å². The molecular weight excluding hydrogens is 221 g/mol. The fourth-order valence-corrected chi connectivity index (χ4v) is 1.01. The molecule has 60 valence electrons. The molecule has 0 aromatic heterocycles. The van der Waals surface area contributed by atoms with Crippen LogP contribution >= 0.6 is 15.9 Å². The van der Waals surface area contributed by atoms with E-state index in [-0.39, 0.29) is 0 Å². The first-order chi connectivity index (χ1) is 5.02. The Morgan fingerprint density at radius 1 is 1.18 bits per heavy atom. The van der Waals surface area contributed by atoms with E-state index >= 15 is 0 Å². The summed E-state index contributed by atoms with van der Waals surface area (Å²) in [5, 5.41) is 0. The third kappa shape index (κ3) is 1.96. The average Bonchev–Trinajstić information content (AvgIpc) is 1.86. The summed E-state index contributed by atoms with van der Waals surface area (Å²) in [6.07, 6.45) is 0. The second-order valence-electron chi connectivity index (χ2n) is 1.98. The quantitative estimate of drug-likeness (QED) is 0.643. The maximum Gasteiger partial charge on any atom is 0.329 e. The van der Waals surface area contributed by atoms with Crippen LogP contribution < -0.4 is 0 Å². The smallest absolute Gasteiger partial charge is 0.206 e. The van der Waals surface area contributed by atoms with E-state index in [2.05, 4.69) is 15.9 Å². The minimum atomic E-state index is -3.28. The van der Waals surface area contributed by atoms with Crippen molar-refractivity contribution in [3.8, 4) is 0 Å². The second-order valence-corrected chi connectivity index (χ2v) is 2.97. The number of hydrogen-bond donors (Lipinski definition) is 0. The maximum atomic E-state index is 12.6. The van der Waals surface area contributed by atoms with Gasteiger partial charge >= 0.3 is 4.83 Å². The minimum absolute atomic E-state index is 0.639. The predicted octanol–water partition coefficient (Wildman–Crippen LogP) is 3.27. The summed E-state index contributed by atoms with van der Waals surface area (Å²) in [4.78, 5) is -3.28. The van der Waals surface area contributed by atoms with Crippen LogP contribution in [0.1, 0.15) is 5.56 Å². The topological polar surface area (TPSA) is 0 Å². The van der Waals surface area contributed by atoms with Crippen LogP contribution in [0.3, 0.4) is 0 Å². The van der Waals surface area contributed by atoms with Crippen LogP contribution in [-0.2, 0) is 4.83 Å². The first-order valence-electron chi connectivity index (χ1n) is 2.83. The lowest BCUT2D eigenvalue weighted by Crippen LogP contribution is -2.04. The van der Waals surface area contributed by atoms with Gasteiger partial charge in [-0.2, -0.15) is 8.78 Å². The third-order valence-electron chi connectivity index (χ3n) is 1.18. The number of hydrogen-bond acceptors (Lipinski definition) is 0. The van der Waals surface area contributed by atoms with Gasteiger partial charge in [-0.15, -0.1) is 0 Å². The largest absolute Gasteiger partial charge is 0.329 e. The lowest BCUT2D eigenvalue weighted by Gasteiger charge is -2.08. The summed E-state index contributed by atoms with van der Waals surface area (Å²) >= 11 is 2.06. The van der Waals surface area contributed by atoms with Crippen molar-refractivity contribution in [1.82, 2.24) is 0 Å². The van der Waals surface area contributed by atoms with Crippen molar-refractivity contribution < 1.29 is 13.2 Å². The van der Waals surface area contributed by atoms with Crippen LogP contribution in [0.25, 0.3) is 0 Å². The Hall–Kier alpha value is -0.510. The monoisotopic (exact) mass is 224 g/mol. The first kappa shape index (κ1) is 8.59. The van der Waals surface area contributed by atoms with Crippen molar-refractivity contribution in [2.24, 2.45) is 0 Å². The van der Waals surface area contributed by atoms with Crippen molar-refractivity contribution in [2.45, 2.75) is 4.83 Å². The van der Waals surface area contributed by atoms with E-state index < -0.39 is 16.2 Å². The Morgan fingerprint density at radius 2 is 1.73 bits per heavy atom. The van der Waals surface area contributed by atoms with Gasteiger partial charge in [0, 0.05) is 0 Å². The highest BCUT2D eigenvalue weighted by Gasteiger charge is 2.29. The second kappa shape index (κ2) is 2.85. The molecule has 0 unspecified atom stereocenters. The van der Waals surface area contributed by atoms with Gasteiger partial charge in [-0.25, -0.2) is 4.39 Å². The van der Waals surface area contributed by atoms with Gasteiger partial charge in [0.2, 0.25) is 0 Å². The highest BCUT2D eigenvalue weighted by molar-refractivity contribution is 9.09. The van der Waals surface area contributed by atoms with Crippen LogP contribution in [0.4, 0.5) is 13.2 Å². The average molecular weight is 225 g/mol. The molecule has 0 N–H and O–H groups in total. The van der Waals surface area contributed by atoms with E-state index in [1.54, 1.807) is 0 Å². The highest BCUT2D eigenvalue weighted by Crippen LogP contribution is 2.35. The molecule has 1 aromatic carbocycles. The summed E-state index contributed by atoms with van der Waals surface area (Å²) in [5.74, 6) is -0.908. The van der Waals surface area contributed by atoms with Crippen LogP contribution in [0.15, 0.2) is 24.3 Å². The summed E-state index contributed by atoms with van der Waals surface area (Å²) < 4.78 is 37.4. The van der Waals surface area contributed by atoms with Gasteiger partial charge < -0.3 is 0 Å². The molecule has 0 atom stereocenters. The van der Waals surface area contributed by atoms with E-state index in [4.69, 9.17) is 0 Å². The van der Waals surface area contributed by atoms with Crippen molar-refractivity contribution in [1.29, 1.82) is 0 Å². The molecule has 0 radical (unpaired) electrons.